The maximum Gasteiger partial charge on any atom is 0.118 e. The van der Waals surface area contributed by atoms with Gasteiger partial charge in [0.25, 0.3) is 0 Å². The standard InChI is InChI=1S/C27H22O2/c1-28-21-15-11-19(12-16-21)27(20-13-17-22(29-2)18-14-20)25-9-5-3-7-23(25)24-8-4-6-10-26(24)27/h3-18H,1-2H3/i3D,4D. The molecule has 0 atom stereocenters. The van der Waals surface area contributed by atoms with Gasteiger partial charge in [0.2, 0.25) is 0 Å². The number of rotatable bonds is 4. The van der Waals surface area contributed by atoms with Crippen LogP contribution in [0.4, 0.5) is 0 Å². The highest BCUT2D eigenvalue weighted by atomic mass is 16.5. The number of ether oxygens (including phenoxy) is 2. The number of hydrogen-bond donors (Lipinski definition) is 0. The Morgan fingerprint density at radius 3 is 1.38 bits per heavy atom. The Balaban J connectivity index is 1.90. The molecule has 142 valence electrons. The van der Waals surface area contributed by atoms with Crippen molar-refractivity contribution in [2.75, 3.05) is 14.2 Å². The van der Waals surface area contributed by atoms with Crippen LogP contribution in [-0.2, 0) is 5.41 Å². The molecule has 2 heteroatoms. The van der Waals surface area contributed by atoms with Gasteiger partial charge in [-0.15, -0.1) is 0 Å². The number of hydrogen-bond acceptors (Lipinski definition) is 2. The molecule has 29 heavy (non-hydrogen) atoms. The van der Waals surface area contributed by atoms with Gasteiger partial charge in [0.15, 0.2) is 0 Å². The molecular weight excluding hydrogens is 356 g/mol. The highest BCUT2D eigenvalue weighted by molar-refractivity contribution is 5.86. The minimum absolute atomic E-state index is 0.459. The summed E-state index contributed by atoms with van der Waals surface area (Å²) in [6.07, 6.45) is 0. The van der Waals surface area contributed by atoms with Gasteiger partial charge in [0.05, 0.1) is 22.4 Å². The third kappa shape index (κ3) is 2.49. The summed E-state index contributed by atoms with van der Waals surface area (Å²) >= 11 is 0. The van der Waals surface area contributed by atoms with Crippen LogP contribution in [0.3, 0.4) is 0 Å². The lowest BCUT2D eigenvalue weighted by Crippen LogP contribution is -2.28. The van der Waals surface area contributed by atoms with Crippen LogP contribution in [0, 0.1) is 0 Å². The van der Waals surface area contributed by atoms with Crippen LogP contribution < -0.4 is 9.47 Å². The summed E-state index contributed by atoms with van der Waals surface area (Å²) in [5, 5.41) is 0. The van der Waals surface area contributed by atoms with Crippen LogP contribution in [0.25, 0.3) is 11.1 Å². The number of benzene rings is 4. The fourth-order valence-electron chi connectivity index (χ4n) is 4.58. The average Bonchev–Trinajstić information content (AvgIpc) is 3.09. The van der Waals surface area contributed by atoms with Crippen molar-refractivity contribution in [3.63, 3.8) is 0 Å². The lowest BCUT2D eigenvalue weighted by molar-refractivity contribution is 0.414. The Bertz CT molecular complexity index is 1160. The second-order valence-corrected chi connectivity index (χ2v) is 7.15. The Labute approximate surface area is 174 Å². The van der Waals surface area contributed by atoms with Gasteiger partial charge in [0.1, 0.15) is 11.5 Å². The molecule has 0 radical (unpaired) electrons. The van der Waals surface area contributed by atoms with E-state index in [-0.39, 0.29) is 0 Å². The third-order valence-electron chi connectivity index (χ3n) is 5.87. The molecule has 0 aromatic heterocycles. The predicted molar refractivity (Wildman–Crippen MR) is 117 cm³/mol. The Morgan fingerprint density at radius 1 is 0.586 bits per heavy atom. The van der Waals surface area contributed by atoms with E-state index in [0.717, 1.165) is 44.9 Å². The molecule has 0 saturated heterocycles. The smallest absolute Gasteiger partial charge is 0.118 e. The molecule has 5 rings (SSSR count). The van der Waals surface area contributed by atoms with Crippen molar-refractivity contribution in [2.24, 2.45) is 0 Å². The van der Waals surface area contributed by atoms with Crippen LogP contribution in [0.5, 0.6) is 11.5 Å². The molecule has 1 aliphatic carbocycles. The van der Waals surface area contributed by atoms with Gasteiger partial charge < -0.3 is 9.47 Å². The summed E-state index contributed by atoms with van der Waals surface area (Å²) in [5.74, 6) is 1.60. The first-order valence-electron chi connectivity index (χ1n) is 10.6. The van der Waals surface area contributed by atoms with Crippen molar-refractivity contribution in [1.29, 1.82) is 0 Å². The van der Waals surface area contributed by atoms with E-state index in [9.17, 15) is 0 Å². The zero-order valence-corrected chi connectivity index (χ0v) is 16.4. The fourth-order valence-corrected chi connectivity index (χ4v) is 4.58. The Hall–Kier alpha value is -3.52. The molecule has 0 amide bonds. The molecular formula is C27H22O2. The van der Waals surface area contributed by atoms with Crippen molar-refractivity contribution in [3.05, 3.63) is 119 Å². The maximum atomic E-state index is 8.22. The molecule has 0 saturated carbocycles. The summed E-state index contributed by atoms with van der Waals surface area (Å²) in [7, 11) is 3.33. The van der Waals surface area contributed by atoms with E-state index in [0.29, 0.717) is 12.1 Å². The van der Waals surface area contributed by atoms with Gasteiger partial charge in [-0.2, -0.15) is 0 Å². The monoisotopic (exact) mass is 380 g/mol. The SMILES string of the molecule is [2H]c1ccc2c(c1)-c1cc([2H])ccc1C2(c1ccc(OC)cc1)c1ccc(OC)cc1. The molecule has 2 nitrogen and oxygen atoms in total. The summed E-state index contributed by atoms with van der Waals surface area (Å²) < 4.78 is 27.3. The van der Waals surface area contributed by atoms with Crippen LogP contribution >= 0.6 is 0 Å². The normalized spacial score (nSPS) is 14.4. The van der Waals surface area contributed by atoms with Gasteiger partial charge in [-0.3, -0.25) is 0 Å². The summed E-state index contributed by atoms with van der Waals surface area (Å²) in [4.78, 5) is 0. The molecule has 0 aliphatic heterocycles. The molecule has 0 unspecified atom stereocenters. The zero-order chi connectivity index (χ0) is 21.6. The van der Waals surface area contributed by atoms with Crippen LogP contribution in [0.2, 0.25) is 0 Å². The first kappa shape index (κ1) is 15.4. The molecule has 0 fully saturated rings. The topological polar surface area (TPSA) is 18.5 Å². The van der Waals surface area contributed by atoms with E-state index in [1.165, 1.54) is 0 Å². The number of methoxy groups -OCH3 is 2. The fraction of sp³-hybridized carbons (Fsp3) is 0.111. The predicted octanol–water partition coefficient (Wildman–Crippen LogP) is 6.07. The van der Waals surface area contributed by atoms with Gasteiger partial charge in [0, 0.05) is 0 Å². The summed E-state index contributed by atoms with van der Waals surface area (Å²) in [6.45, 7) is 0. The van der Waals surface area contributed by atoms with Gasteiger partial charge >= 0.3 is 0 Å². The van der Waals surface area contributed by atoms with Crippen LogP contribution in [-0.4, -0.2) is 14.2 Å². The van der Waals surface area contributed by atoms with Crippen molar-refractivity contribution >= 4 is 0 Å². The van der Waals surface area contributed by atoms with E-state index < -0.39 is 5.41 Å². The van der Waals surface area contributed by atoms with E-state index in [4.69, 9.17) is 12.2 Å². The minimum Gasteiger partial charge on any atom is -0.497 e. The van der Waals surface area contributed by atoms with Crippen molar-refractivity contribution in [2.45, 2.75) is 5.41 Å². The van der Waals surface area contributed by atoms with Gasteiger partial charge in [-0.05, 0) is 57.6 Å². The first-order chi connectivity index (χ1) is 15.1. The molecule has 0 N–H and O–H groups in total. The highest BCUT2D eigenvalue weighted by Gasteiger charge is 2.45. The molecule has 1 aliphatic rings. The van der Waals surface area contributed by atoms with Crippen molar-refractivity contribution in [1.82, 2.24) is 0 Å². The lowest BCUT2D eigenvalue weighted by atomic mass is 9.68. The average molecular weight is 380 g/mol. The van der Waals surface area contributed by atoms with Gasteiger partial charge in [-0.1, -0.05) is 72.7 Å². The van der Waals surface area contributed by atoms with E-state index in [1.54, 1.807) is 14.2 Å². The maximum absolute atomic E-state index is 8.22. The quantitative estimate of drug-likeness (QED) is 0.377. The first-order valence-corrected chi connectivity index (χ1v) is 9.59. The van der Waals surface area contributed by atoms with E-state index in [2.05, 4.69) is 36.4 Å². The van der Waals surface area contributed by atoms with Crippen LogP contribution in [0.15, 0.2) is 97.0 Å². The molecule has 0 bridgehead atoms. The second-order valence-electron chi connectivity index (χ2n) is 7.15. The summed E-state index contributed by atoms with van der Waals surface area (Å²) in [6, 6.07) is 28.9. The van der Waals surface area contributed by atoms with Crippen molar-refractivity contribution in [3.8, 4) is 22.6 Å². The van der Waals surface area contributed by atoms with E-state index >= 15 is 0 Å². The Kier molecular flexibility index (Phi) is 3.62. The largest absolute Gasteiger partial charge is 0.497 e. The minimum atomic E-state index is -0.565. The van der Waals surface area contributed by atoms with Crippen LogP contribution in [0.1, 0.15) is 25.0 Å². The Morgan fingerprint density at radius 2 is 1.00 bits per heavy atom. The van der Waals surface area contributed by atoms with E-state index in [1.807, 2.05) is 48.5 Å². The summed E-state index contributed by atoms with van der Waals surface area (Å²) in [5.41, 5.74) is 5.87. The third-order valence-corrected chi connectivity index (χ3v) is 5.87. The highest BCUT2D eigenvalue weighted by Crippen LogP contribution is 2.56. The second kappa shape index (κ2) is 6.82. The molecule has 4 aromatic rings. The number of fused-ring (bicyclic) bond motifs is 3. The lowest BCUT2D eigenvalue weighted by Gasteiger charge is -2.34. The molecule has 4 aromatic carbocycles. The van der Waals surface area contributed by atoms with Gasteiger partial charge in [-0.25, -0.2) is 0 Å². The van der Waals surface area contributed by atoms with Crippen molar-refractivity contribution < 1.29 is 12.2 Å². The zero-order valence-electron chi connectivity index (χ0n) is 18.4. The molecule has 0 heterocycles. The molecule has 0 spiro atoms.